The van der Waals surface area contributed by atoms with Crippen molar-refractivity contribution in [1.82, 2.24) is 0 Å². The molecule has 1 nitrogen and oxygen atoms in total. The SMILES string of the molecule is CSc1cc(Br)cc(C(C)N)c1. The third-order valence-corrected chi connectivity index (χ3v) is 2.82. The highest BCUT2D eigenvalue weighted by molar-refractivity contribution is 9.10. The van der Waals surface area contributed by atoms with E-state index in [1.54, 1.807) is 11.8 Å². The molecule has 0 aliphatic carbocycles. The predicted molar refractivity (Wildman–Crippen MR) is 58.5 cm³/mol. The molecule has 0 saturated carbocycles. The molecule has 1 aromatic carbocycles. The Bertz CT molecular complexity index is 273. The third kappa shape index (κ3) is 2.51. The number of hydrogen-bond acceptors (Lipinski definition) is 2. The molecule has 0 amide bonds. The van der Waals surface area contributed by atoms with Crippen LogP contribution in [-0.2, 0) is 0 Å². The van der Waals surface area contributed by atoms with Crippen molar-refractivity contribution in [3.63, 3.8) is 0 Å². The van der Waals surface area contributed by atoms with Crippen LogP contribution in [0.15, 0.2) is 27.6 Å². The first-order chi connectivity index (χ1) is 5.63. The molecular weight excluding hydrogens is 234 g/mol. The third-order valence-electron chi connectivity index (χ3n) is 1.66. The molecule has 0 spiro atoms. The van der Waals surface area contributed by atoms with Crippen molar-refractivity contribution >= 4 is 27.7 Å². The summed E-state index contributed by atoms with van der Waals surface area (Å²) in [6.45, 7) is 1.99. The fourth-order valence-electron chi connectivity index (χ4n) is 0.965. The molecule has 66 valence electrons. The molecule has 0 bridgehead atoms. The van der Waals surface area contributed by atoms with Gasteiger partial charge in [0.25, 0.3) is 0 Å². The topological polar surface area (TPSA) is 26.0 Å². The van der Waals surface area contributed by atoms with E-state index in [0.29, 0.717) is 0 Å². The zero-order chi connectivity index (χ0) is 9.14. The van der Waals surface area contributed by atoms with Crippen LogP contribution >= 0.6 is 27.7 Å². The Morgan fingerprint density at radius 1 is 1.42 bits per heavy atom. The number of rotatable bonds is 2. The maximum Gasteiger partial charge on any atom is 0.0266 e. The summed E-state index contributed by atoms with van der Waals surface area (Å²) in [7, 11) is 0. The second-order valence-electron chi connectivity index (χ2n) is 2.71. The second-order valence-corrected chi connectivity index (χ2v) is 4.51. The van der Waals surface area contributed by atoms with Crippen molar-refractivity contribution in [2.75, 3.05) is 6.26 Å². The number of halogens is 1. The molecule has 1 atom stereocenters. The summed E-state index contributed by atoms with van der Waals surface area (Å²) in [5.41, 5.74) is 6.95. The van der Waals surface area contributed by atoms with Crippen molar-refractivity contribution in [3.05, 3.63) is 28.2 Å². The Balaban J connectivity index is 3.06. The fourth-order valence-corrected chi connectivity index (χ4v) is 2.13. The molecule has 3 heteroatoms. The first-order valence-corrected chi connectivity index (χ1v) is 5.75. The number of thioether (sulfide) groups is 1. The van der Waals surface area contributed by atoms with Gasteiger partial charge in [0.05, 0.1) is 0 Å². The van der Waals surface area contributed by atoms with Crippen LogP contribution in [0.5, 0.6) is 0 Å². The quantitative estimate of drug-likeness (QED) is 0.811. The van der Waals surface area contributed by atoms with Gasteiger partial charge in [-0.1, -0.05) is 15.9 Å². The zero-order valence-electron chi connectivity index (χ0n) is 7.17. The lowest BCUT2D eigenvalue weighted by Crippen LogP contribution is -2.04. The Morgan fingerprint density at radius 3 is 2.58 bits per heavy atom. The van der Waals surface area contributed by atoms with Crippen LogP contribution in [-0.4, -0.2) is 6.26 Å². The van der Waals surface area contributed by atoms with Crippen LogP contribution in [0.1, 0.15) is 18.5 Å². The van der Waals surface area contributed by atoms with Crippen LogP contribution < -0.4 is 5.73 Å². The van der Waals surface area contributed by atoms with Crippen LogP contribution in [0.2, 0.25) is 0 Å². The number of hydrogen-bond donors (Lipinski definition) is 1. The smallest absolute Gasteiger partial charge is 0.0266 e. The van der Waals surface area contributed by atoms with Gasteiger partial charge in [0, 0.05) is 15.4 Å². The second kappa shape index (κ2) is 4.30. The van der Waals surface area contributed by atoms with Crippen molar-refractivity contribution in [1.29, 1.82) is 0 Å². The average molecular weight is 246 g/mol. The number of nitrogens with two attached hydrogens (primary N) is 1. The van der Waals surface area contributed by atoms with Gasteiger partial charge >= 0.3 is 0 Å². The van der Waals surface area contributed by atoms with Crippen molar-refractivity contribution in [3.8, 4) is 0 Å². The van der Waals surface area contributed by atoms with Gasteiger partial charge in [0.1, 0.15) is 0 Å². The van der Waals surface area contributed by atoms with Crippen LogP contribution in [0.3, 0.4) is 0 Å². The van der Waals surface area contributed by atoms with E-state index in [2.05, 4.69) is 40.4 Å². The molecule has 1 rings (SSSR count). The minimum atomic E-state index is 0.105. The van der Waals surface area contributed by atoms with E-state index in [4.69, 9.17) is 5.73 Å². The highest BCUT2D eigenvalue weighted by Gasteiger charge is 2.02. The summed E-state index contributed by atoms with van der Waals surface area (Å²) in [4.78, 5) is 1.25. The molecule has 0 fully saturated rings. The molecule has 12 heavy (non-hydrogen) atoms. The summed E-state index contributed by atoms with van der Waals surface area (Å²) < 4.78 is 1.10. The van der Waals surface area contributed by atoms with Gasteiger partial charge < -0.3 is 5.73 Å². The van der Waals surface area contributed by atoms with E-state index in [9.17, 15) is 0 Å². The van der Waals surface area contributed by atoms with Gasteiger partial charge in [-0.2, -0.15) is 0 Å². The summed E-state index contributed by atoms with van der Waals surface area (Å²) in [6, 6.07) is 6.38. The molecule has 0 saturated heterocycles. The molecule has 0 aliphatic heterocycles. The Labute approximate surface area is 85.9 Å². The van der Waals surface area contributed by atoms with Gasteiger partial charge in [-0.15, -0.1) is 11.8 Å². The van der Waals surface area contributed by atoms with E-state index >= 15 is 0 Å². The maximum absolute atomic E-state index is 5.78. The Hall–Kier alpha value is 0.01000. The van der Waals surface area contributed by atoms with Crippen molar-refractivity contribution < 1.29 is 0 Å². The molecular formula is C9H12BrNS. The van der Waals surface area contributed by atoms with Crippen molar-refractivity contribution in [2.45, 2.75) is 17.9 Å². The van der Waals surface area contributed by atoms with Crippen molar-refractivity contribution in [2.24, 2.45) is 5.73 Å². The van der Waals surface area contributed by atoms with E-state index in [1.165, 1.54) is 10.5 Å². The Kier molecular flexibility index (Phi) is 3.62. The fraction of sp³-hybridized carbons (Fsp3) is 0.333. The van der Waals surface area contributed by atoms with Crippen LogP contribution in [0, 0.1) is 0 Å². The first kappa shape index (κ1) is 10.1. The lowest BCUT2D eigenvalue weighted by atomic mass is 10.1. The van der Waals surface area contributed by atoms with Gasteiger partial charge in [-0.3, -0.25) is 0 Å². The Morgan fingerprint density at radius 2 is 2.08 bits per heavy atom. The molecule has 0 aromatic heterocycles. The highest BCUT2D eigenvalue weighted by atomic mass is 79.9. The molecule has 0 aliphatic rings. The van der Waals surface area contributed by atoms with E-state index in [0.717, 1.165) is 4.47 Å². The lowest BCUT2D eigenvalue weighted by molar-refractivity contribution is 0.814. The summed E-state index contributed by atoms with van der Waals surface area (Å²) >= 11 is 5.18. The lowest BCUT2D eigenvalue weighted by Gasteiger charge is -2.07. The van der Waals surface area contributed by atoms with Gasteiger partial charge in [-0.25, -0.2) is 0 Å². The van der Waals surface area contributed by atoms with Gasteiger partial charge in [0.15, 0.2) is 0 Å². The minimum Gasteiger partial charge on any atom is -0.324 e. The number of benzene rings is 1. The summed E-state index contributed by atoms with van der Waals surface area (Å²) in [6.07, 6.45) is 2.06. The molecule has 0 radical (unpaired) electrons. The zero-order valence-corrected chi connectivity index (χ0v) is 9.58. The largest absolute Gasteiger partial charge is 0.324 e. The molecule has 1 unspecified atom stereocenters. The minimum absolute atomic E-state index is 0.105. The standard InChI is InChI=1S/C9H12BrNS/c1-6(11)7-3-8(10)5-9(4-7)12-2/h3-6H,11H2,1-2H3. The predicted octanol–water partition coefficient (Wildman–Crippen LogP) is 3.19. The van der Waals surface area contributed by atoms with E-state index < -0.39 is 0 Å². The van der Waals surface area contributed by atoms with Crippen LogP contribution in [0.25, 0.3) is 0 Å². The molecule has 0 heterocycles. The monoisotopic (exact) mass is 245 g/mol. The maximum atomic E-state index is 5.78. The summed E-state index contributed by atoms with van der Waals surface area (Å²) in [5, 5.41) is 0. The van der Waals surface area contributed by atoms with Gasteiger partial charge in [0.2, 0.25) is 0 Å². The first-order valence-electron chi connectivity index (χ1n) is 3.73. The molecule has 1 aromatic rings. The molecule has 2 N–H and O–H groups in total. The van der Waals surface area contributed by atoms with E-state index in [-0.39, 0.29) is 6.04 Å². The normalized spacial score (nSPS) is 13.0. The summed E-state index contributed by atoms with van der Waals surface area (Å²) in [5.74, 6) is 0. The average Bonchev–Trinajstić information content (AvgIpc) is 2.03. The van der Waals surface area contributed by atoms with Crippen LogP contribution in [0.4, 0.5) is 0 Å². The van der Waals surface area contributed by atoms with Gasteiger partial charge in [-0.05, 0) is 36.9 Å². The highest BCUT2D eigenvalue weighted by Crippen LogP contribution is 2.24. The van der Waals surface area contributed by atoms with E-state index in [1.807, 2.05) is 6.92 Å².